The Hall–Kier alpha value is -1.55. The van der Waals surface area contributed by atoms with Gasteiger partial charge in [0, 0.05) is 35.3 Å². The van der Waals surface area contributed by atoms with Crippen molar-refractivity contribution in [3.05, 3.63) is 69.7 Å². The van der Waals surface area contributed by atoms with Gasteiger partial charge in [0.2, 0.25) is 5.91 Å². The first-order valence-electron chi connectivity index (χ1n) is 8.30. The van der Waals surface area contributed by atoms with Crippen LogP contribution in [-0.4, -0.2) is 11.4 Å². The molecule has 0 aromatic heterocycles. The van der Waals surface area contributed by atoms with Crippen LogP contribution in [0.15, 0.2) is 48.5 Å². The summed E-state index contributed by atoms with van der Waals surface area (Å²) in [4.78, 5) is 11.7. The van der Waals surface area contributed by atoms with E-state index >= 15 is 0 Å². The summed E-state index contributed by atoms with van der Waals surface area (Å²) in [5.74, 6) is -0.0379. The van der Waals surface area contributed by atoms with Gasteiger partial charge in [-0.25, -0.2) is 0 Å². The van der Waals surface area contributed by atoms with Gasteiger partial charge in [0.15, 0.2) is 0 Å². The van der Waals surface area contributed by atoms with Crippen molar-refractivity contribution < 1.29 is 9.53 Å². The fraction of sp³-hybridized carbons (Fsp3) is 0.350. The van der Waals surface area contributed by atoms with Crippen molar-refractivity contribution in [2.75, 3.05) is 0 Å². The molecular weight excluding hydrogens is 357 g/mol. The standard InChI is InChI=1S/C20H21Cl2NO2/c1-13(24)23-20(2)11-18(14-6-8-16(21)9-7-14)25-19(12-20)15-4-3-5-17(22)10-15/h3-10,18-19H,11-12H2,1-2H3,(H,23,24)/t18-,19+,20-/m0/s1. The molecule has 3 nitrogen and oxygen atoms in total. The zero-order valence-electron chi connectivity index (χ0n) is 14.3. The summed E-state index contributed by atoms with van der Waals surface area (Å²) < 4.78 is 6.38. The fourth-order valence-electron chi connectivity index (χ4n) is 3.50. The van der Waals surface area contributed by atoms with Gasteiger partial charge in [0.05, 0.1) is 12.2 Å². The maximum atomic E-state index is 11.7. The van der Waals surface area contributed by atoms with Gasteiger partial charge < -0.3 is 10.1 Å². The summed E-state index contributed by atoms with van der Waals surface area (Å²) in [5, 5.41) is 4.47. The van der Waals surface area contributed by atoms with Crippen molar-refractivity contribution in [2.24, 2.45) is 0 Å². The third kappa shape index (κ3) is 4.55. The molecule has 1 amide bonds. The van der Waals surface area contributed by atoms with Crippen LogP contribution in [0.2, 0.25) is 10.0 Å². The summed E-state index contributed by atoms with van der Waals surface area (Å²) in [6.07, 6.45) is 1.11. The van der Waals surface area contributed by atoms with E-state index in [1.807, 2.05) is 48.5 Å². The quantitative estimate of drug-likeness (QED) is 0.768. The van der Waals surface area contributed by atoms with Crippen LogP contribution in [0.5, 0.6) is 0 Å². The SMILES string of the molecule is CC(=O)N[C@@]1(C)C[C@@H](c2ccc(Cl)cc2)O[C@@H](c2cccc(Cl)c2)C1. The lowest BCUT2D eigenvalue weighted by molar-refractivity contribution is -0.126. The van der Waals surface area contributed by atoms with Gasteiger partial charge in [0.1, 0.15) is 0 Å². The minimum absolute atomic E-state index is 0.0379. The largest absolute Gasteiger partial charge is 0.365 e. The molecule has 1 saturated heterocycles. The predicted octanol–water partition coefficient (Wildman–Crippen LogP) is 5.48. The van der Waals surface area contributed by atoms with E-state index in [1.54, 1.807) is 6.92 Å². The first-order chi connectivity index (χ1) is 11.8. The lowest BCUT2D eigenvalue weighted by atomic mass is 9.81. The van der Waals surface area contributed by atoms with Gasteiger partial charge in [-0.3, -0.25) is 4.79 Å². The van der Waals surface area contributed by atoms with Crippen LogP contribution < -0.4 is 5.32 Å². The van der Waals surface area contributed by atoms with E-state index in [0.29, 0.717) is 22.9 Å². The molecule has 0 spiro atoms. The van der Waals surface area contributed by atoms with Gasteiger partial charge in [0.25, 0.3) is 0 Å². The molecule has 5 heteroatoms. The monoisotopic (exact) mass is 377 g/mol. The number of rotatable bonds is 3. The Kier molecular flexibility index (Phi) is 5.38. The second kappa shape index (κ2) is 7.36. The molecular formula is C20H21Cl2NO2. The average molecular weight is 378 g/mol. The normalized spacial score (nSPS) is 26.2. The molecule has 132 valence electrons. The van der Waals surface area contributed by atoms with E-state index in [2.05, 4.69) is 12.2 Å². The van der Waals surface area contributed by atoms with Crippen molar-refractivity contribution in [3.63, 3.8) is 0 Å². The van der Waals surface area contributed by atoms with Gasteiger partial charge >= 0.3 is 0 Å². The molecule has 3 rings (SSSR count). The number of carbonyl (C=O) groups excluding carboxylic acids is 1. The Balaban J connectivity index is 1.93. The highest BCUT2D eigenvalue weighted by Gasteiger charge is 2.39. The molecule has 0 saturated carbocycles. The molecule has 25 heavy (non-hydrogen) atoms. The fourth-order valence-corrected chi connectivity index (χ4v) is 3.83. The van der Waals surface area contributed by atoms with E-state index in [4.69, 9.17) is 27.9 Å². The van der Waals surface area contributed by atoms with E-state index in [-0.39, 0.29) is 23.7 Å². The van der Waals surface area contributed by atoms with E-state index < -0.39 is 0 Å². The molecule has 2 aromatic carbocycles. The minimum atomic E-state index is -0.360. The van der Waals surface area contributed by atoms with Crippen molar-refractivity contribution in [2.45, 2.75) is 44.4 Å². The van der Waals surface area contributed by atoms with E-state index in [9.17, 15) is 4.79 Å². The van der Waals surface area contributed by atoms with Crippen molar-refractivity contribution in [1.29, 1.82) is 0 Å². The van der Waals surface area contributed by atoms with Gasteiger partial charge in [-0.15, -0.1) is 0 Å². The van der Waals surface area contributed by atoms with Crippen LogP contribution in [0.4, 0.5) is 0 Å². The van der Waals surface area contributed by atoms with Crippen LogP contribution in [0.3, 0.4) is 0 Å². The third-order valence-corrected chi connectivity index (χ3v) is 5.03. The van der Waals surface area contributed by atoms with E-state index in [0.717, 1.165) is 11.1 Å². The number of nitrogens with one attached hydrogen (secondary N) is 1. The number of amides is 1. The number of ether oxygens (including phenoxy) is 1. The lowest BCUT2D eigenvalue weighted by Crippen LogP contribution is -2.50. The zero-order valence-corrected chi connectivity index (χ0v) is 15.8. The summed E-state index contributed by atoms with van der Waals surface area (Å²) in [5.41, 5.74) is 1.71. The predicted molar refractivity (Wildman–Crippen MR) is 101 cm³/mol. The van der Waals surface area contributed by atoms with Crippen LogP contribution >= 0.6 is 23.2 Å². The average Bonchev–Trinajstić information content (AvgIpc) is 2.54. The Morgan fingerprint density at radius 3 is 2.28 bits per heavy atom. The molecule has 1 aliphatic rings. The molecule has 3 atom stereocenters. The maximum absolute atomic E-state index is 11.7. The molecule has 2 aromatic rings. The Morgan fingerprint density at radius 2 is 1.68 bits per heavy atom. The van der Waals surface area contributed by atoms with Gasteiger partial charge in [-0.2, -0.15) is 0 Å². The zero-order chi connectivity index (χ0) is 18.0. The van der Waals surface area contributed by atoms with Gasteiger partial charge in [-0.05, 0) is 42.3 Å². The first-order valence-corrected chi connectivity index (χ1v) is 9.05. The highest BCUT2D eigenvalue weighted by molar-refractivity contribution is 6.30. The Labute approximate surface area is 158 Å². The van der Waals surface area contributed by atoms with E-state index in [1.165, 1.54) is 0 Å². The number of hydrogen-bond acceptors (Lipinski definition) is 2. The number of carbonyl (C=O) groups is 1. The molecule has 0 radical (unpaired) electrons. The highest BCUT2D eigenvalue weighted by atomic mass is 35.5. The van der Waals surface area contributed by atoms with Crippen molar-refractivity contribution >= 4 is 29.1 Å². The Bertz CT molecular complexity index is 763. The number of halogens is 2. The van der Waals surface area contributed by atoms with Crippen LogP contribution in [0.1, 0.15) is 50.0 Å². The van der Waals surface area contributed by atoms with Crippen LogP contribution in [0.25, 0.3) is 0 Å². The molecule has 0 aliphatic carbocycles. The second-order valence-corrected chi connectivity index (χ2v) is 7.74. The van der Waals surface area contributed by atoms with Gasteiger partial charge in [-0.1, -0.05) is 47.5 Å². The summed E-state index contributed by atoms with van der Waals surface area (Å²) in [6.45, 7) is 3.61. The first kappa shape index (κ1) is 18.2. The molecule has 0 bridgehead atoms. The Morgan fingerprint density at radius 1 is 1.04 bits per heavy atom. The smallest absolute Gasteiger partial charge is 0.217 e. The van der Waals surface area contributed by atoms with Crippen LogP contribution in [0, 0.1) is 0 Å². The molecule has 1 fully saturated rings. The molecule has 0 unspecified atom stereocenters. The minimum Gasteiger partial charge on any atom is -0.365 e. The number of benzene rings is 2. The van der Waals surface area contributed by atoms with Crippen LogP contribution in [-0.2, 0) is 9.53 Å². The highest BCUT2D eigenvalue weighted by Crippen LogP contribution is 2.44. The summed E-state index contributed by atoms with van der Waals surface area (Å²) in [7, 11) is 0. The number of hydrogen-bond donors (Lipinski definition) is 1. The maximum Gasteiger partial charge on any atom is 0.217 e. The second-order valence-electron chi connectivity index (χ2n) is 6.87. The molecule has 1 N–H and O–H groups in total. The summed E-state index contributed by atoms with van der Waals surface area (Å²) >= 11 is 12.2. The lowest BCUT2D eigenvalue weighted by Gasteiger charge is -2.43. The van der Waals surface area contributed by atoms with Crippen molar-refractivity contribution in [1.82, 2.24) is 5.32 Å². The summed E-state index contributed by atoms with van der Waals surface area (Å²) in [6, 6.07) is 15.4. The van der Waals surface area contributed by atoms with Crippen molar-refractivity contribution in [3.8, 4) is 0 Å². The molecule has 1 aliphatic heterocycles. The third-order valence-electron chi connectivity index (χ3n) is 4.54. The molecule has 1 heterocycles. The topological polar surface area (TPSA) is 38.3 Å².